The van der Waals surface area contributed by atoms with Gasteiger partial charge in [0, 0.05) is 0 Å². The summed E-state index contributed by atoms with van der Waals surface area (Å²) < 4.78 is 33.8. The van der Waals surface area contributed by atoms with Crippen LogP contribution in [-0.2, 0) is 14.6 Å². The molecule has 0 bridgehead atoms. The van der Waals surface area contributed by atoms with Gasteiger partial charge >= 0.3 is 18.9 Å². The van der Waals surface area contributed by atoms with Crippen LogP contribution >= 0.6 is 0 Å². The van der Waals surface area contributed by atoms with Crippen LogP contribution < -0.4 is 18.9 Å². The predicted molar refractivity (Wildman–Crippen MR) is 33.7 cm³/mol. The number of hydrogen-bond donors (Lipinski definition) is 0. The van der Waals surface area contributed by atoms with E-state index >= 15 is 0 Å². The van der Waals surface area contributed by atoms with Crippen LogP contribution in [0.25, 0.3) is 0 Å². The number of terminal acetylenes is 1. The largest absolute Gasteiger partial charge is 1.00 e. The zero-order chi connectivity index (χ0) is 8.41. The molecule has 58 valence electrons. The second kappa shape index (κ2) is 4.15. The molecule has 6 heteroatoms. The first kappa shape index (κ1) is 13.6. The first-order valence-corrected chi connectivity index (χ1v) is 3.74. The fourth-order valence-corrected chi connectivity index (χ4v) is 0.838. The predicted octanol–water partition coefficient (Wildman–Crippen LogP) is -3.12. The molecular formula is C5H7LiO4S. The fraction of sp³-hybridized carbons (Fsp3) is 0.600. The Labute approximate surface area is 78.4 Å². The number of rotatable bonds is 2. The van der Waals surface area contributed by atoms with E-state index in [9.17, 15) is 13.0 Å². The van der Waals surface area contributed by atoms with Gasteiger partial charge in [-0.3, -0.25) is 4.18 Å². The van der Waals surface area contributed by atoms with E-state index in [1.54, 1.807) is 0 Å². The number of hydrogen-bond acceptors (Lipinski definition) is 4. The van der Waals surface area contributed by atoms with E-state index in [-0.39, 0.29) is 18.9 Å². The van der Waals surface area contributed by atoms with Crippen LogP contribution in [0.2, 0.25) is 0 Å². The van der Waals surface area contributed by atoms with Crippen molar-refractivity contribution in [3.63, 3.8) is 0 Å². The maximum atomic E-state index is 9.93. The van der Waals surface area contributed by atoms with Crippen LogP contribution in [0.3, 0.4) is 0 Å². The van der Waals surface area contributed by atoms with Gasteiger partial charge in [-0.25, -0.2) is 8.42 Å². The summed E-state index contributed by atoms with van der Waals surface area (Å²) in [6.07, 6.45) is 4.84. The van der Waals surface area contributed by atoms with Crippen LogP contribution in [0, 0.1) is 12.3 Å². The second-order valence-corrected chi connectivity index (χ2v) is 3.13. The third-order valence-electron chi connectivity index (χ3n) is 0.658. The van der Waals surface area contributed by atoms with Crippen LogP contribution in [0.5, 0.6) is 0 Å². The zero-order valence-electron chi connectivity index (χ0n) is 6.62. The van der Waals surface area contributed by atoms with Crippen molar-refractivity contribution in [2.75, 3.05) is 0 Å². The van der Waals surface area contributed by atoms with E-state index in [1.165, 1.54) is 13.8 Å². The Kier molecular flexibility index (Phi) is 5.14. The van der Waals surface area contributed by atoms with E-state index in [0.717, 1.165) is 0 Å². The Balaban J connectivity index is 0. The standard InChI is InChI=1S/C5H8O4S.Li/c1-4-5(2,3)9-10(6,7)8;/h1H,2-3H3,(H,6,7,8);/q;+1/p-1. The minimum Gasteiger partial charge on any atom is -0.725 e. The summed E-state index contributed by atoms with van der Waals surface area (Å²) >= 11 is 0. The van der Waals surface area contributed by atoms with Gasteiger partial charge in [0.15, 0.2) is 0 Å². The van der Waals surface area contributed by atoms with Gasteiger partial charge in [0.1, 0.15) is 5.60 Å². The van der Waals surface area contributed by atoms with Crippen LogP contribution in [0.1, 0.15) is 13.8 Å². The van der Waals surface area contributed by atoms with Crippen molar-refractivity contribution in [3.8, 4) is 12.3 Å². The van der Waals surface area contributed by atoms with Gasteiger partial charge in [-0.1, -0.05) is 5.92 Å². The molecular weight excluding hydrogens is 163 g/mol. The molecule has 0 atom stereocenters. The SMILES string of the molecule is C#CC(C)(C)OS(=O)(=O)[O-].[Li+]. The monoisotopic (exact) mass is 170 g/mol. The van der Waals surface area contributed by atoms with Crippen molar-refractivity contribution >= 4 is 10.4 Å². The second-order valence-electron chi connectivity index (χ2n) is 2.15. The maximum Gasteiger partial charge on any atom is 1.00 e. The molecule has 0 amide bonds. The molecule has 0 fully saturated rings. The van der Waals surface area contributed by atoms with Crippen LogP contribution in [-0.4, -0.2) is 18.6 Å². The summed E-state index contributed by atoms with van der Waals surface area (Å²) in [6.45, 7) is 2.62. The molecule has 0 rings (SSSR count). The molecule has 0 aromatic carbocycles. The Morgan fingerprint density at radius 2 is 1.91 bits per heavy atom. The third kappa shape index (κ3) is 7.93. The average molecular weight is 170 g/mol. The van der Waals surface area contributed by atoms with Crippen molar-refractivity contribution in [2.45, 2.75) is 19.4 Å². The topological polar surface area (TPSA) is 66.4 Å². The molecule has 0 N–H and O–H groups in total. The molecule has 0 aliphatic heterocycles. The van der Waals surface area contributed by atoms with Crippen molar-refractivity contribution in [1.82, 2.24) is 0 Å². The zero-order valence-corrected chi connectivity index (χ0v) is 7.44. The normalized spacial score (nSPS) is 11.5. The van der Waals surface area contributed by atoms with Gasteiger partial charge in [-0.15, -0.1) is 6.42 Å². The summed E-state index contributed by atoms with van der Waals surface area (Å²) in [5, 5.41) is 0. The Bertz CT molecular complexity index is 248. The summed E-state index contributed by atoms with van der Waals surface area (Å²) in [7, 11) is -4.69. The quantitative estimate of drug-likeness (QED) is 0.190. The molecule has 0 saturated heterocycles. The molecule has 0 aromatic heterocycles. The van der Waals surface area contributed by atoms with E-state index in [2.05, 4.69) is 4.18 Å². The third-order valence-corrected chi connectivity index (χ3v) is 1.28. The first-order valence-electron chi connectivity index (χ1n) is 2.41. The molecule has 0 spiro atoms. The van der Waals surface area contributed by atoms with Gasteiger partial charge in [0.05, 0.1) is 0 Å². The summed E-state index contributed by atoms with van der Waals surface area (Å²) in [5.41, 5.74) is -1.35. The molecule has 0 aromatic rings. The Morgan fingerprint density at radius 3 is 2.00 bits per heavy atom. The van der Waals surface area contributed by atoms with Crippen molar-refractivity contribution in [2.24, 2.45) is 0 Å². The molecule has 4 nitrogen and oxygen atoms in total. The molecule has 0 heterocycles. The van der Waals surface area contributed by atoms with Gasteiger partial charge < -0.3 is 4.55 Å². The first-order chi connectivity index (χ1) is 4.27. The molecule has 0 aliphatic rings. The van der Waals surface area contributed by atoms with Gasteiger partial charge in [0.2, 0.25) is 10.4 Å². The van der Waals surface area contributed by atoms with Crippen molar-refractivity contribution in [1.29, 1.82) is 0 Å². The summed E-state index contributed by atoms with van der Waals surface area (Å²) in [4.78, 5) is 0. The van der Waals surface area contributed by atoms with E-state index < -0.39 is 16.0 Å². The Hall–Kier alpha value is 0.0274. The van der Waals surface area contributed by atoms with E-state index in [4.69, 9.17) is 6.42 Å². The van der Waals surface area contributed by atoms with Crippen molar-refractivity contribution < 1.29 is 36.0 Å². The van der Waals surface area contributed by atoms with Gasteiger partial charge in [-0.2, -0.15) is 0 Å². The Morgan fingerprint density at radius 1 is 1.55 bits per heavy atom. The molecule has 0 aliphatic carbocycles. The van der Waals surface area contributed by atoms with Crippen molar-refractivity contribution in [3.05, 3.63) is 0 Å². The molecule has 0 saturated carbocycles. The fourth-order valence-electron chi connectivity index (χ4n) is 0.279. The maximum absolute atomic E-state index is 9.93. The van der Waals surface area contributed by atoms with Gasteiger partial charge in [0.25, 0.3) is 0 Å². The summed E-state index contributed by atoms with van der Waals surface area (Å²) in [6, 6.07) is 0. The van der Waals surface area contributed by atoms with Crippen LogP contribution in [0.4, 0.5) is 0 Å². The minimum absolute atomic E-state index is 0. The molecule has 11 heavy (non-hydrogen) atoms. The van der Waals surface area contributed by atoms with Crippen LogP contribution in [0.15, 0.2) is 0 Å². The summed E-state index contributed by atoms with van der Waals surface area (Å²) in [5.74, 6) is 2.00. The minimum atomic E-state index is -4.69. The molecule has 0 radical (unpaired) electrons. The molecule has 0 unspecified atom stereocenters. The smallest absolute Gasteiger partial charge is 0.725 e. The van der Waals surface area contributed by atoms with E-state index in [0.29, 0.717) is 0 Å². The van der Waals surface area contributed by atoms with Gasteiger partial charge in [-0.05, 0) is 13.8 Å². The van der Waals surface area contributed by atoms with E-state index in [1.807, 2.05) is 5.92 Å². The average Bonchev–Trinajstić information content (AvgIpc) is 1.60.